The molecule has 132 valence electrons. The first-order valence-electron chi connectivity index (χ1n) is 8.43. The van der Waals surface area contributed by atoms with Gasteiger partial charge in [-0.25, -0.2) is 14.5 Å². The number of amides is 1. The molecule has 0 N–H and O–H groups in total. The summed E-state index contributed by atoms with van der Waals surface area (Å²) in [5.74, 6) is 0.322. The maximum absolute atomic E-state index is 12.3. The topological polar surface area (TPSA) is 77.3 Å². The van der Waals surface area contributed by atoms with Gasteiger partial charge in [0.25, 0.3) is 5.91 Å². The molecule has 1 aromatic heterocycles. The molecular weight excluding hydrogens is 320 g/mol. The van der Waals surface area contributed by atoms with Crippen molar-refractivity contribution in [1.82, 2.24) is 19.7 Å². The highest BCUT2D eigenvalue weighted by Gasteiger charge is 2.26. The first kappa shape index (κ1) is 17.1. The molecule has 7 nitrogen and oxygen atoms in total. The maximum Gasteiger partial charge on any atom is 0.338 e. The number of aromatic nitrogens is 3. The summed E-state index contributed by atoms with van der Waals surface area (Å²) in [4.78, 5) is 30.1. The monoisotopic (exact) mass is 342 g/mol. The van der Waals surface area contributed by atoms with Crippen LogP contribution >= 0.6 is 0 Å². The molecule has 0 saturated carbocycles. The van der Waals surface area contributed by atoms with Crippen molar-refractivity contribution in [2.75, 3.05) is 19.7 Å². The Bertz CT molecular complexity index is 717. The van der Waals surface area contributed by atoms with Crippen molar-refractivity contribution in [1.29, 1.82) is 0 Å². The Kier molecular flexibility index (Phi) is 5.11. The largest absolute Gasteiger partial charge is 0.452 e. The molecule has 0 unspecified atom stereocenters. The molecule has 2 atom stereocenters. The number of likely N-dealkylation sites (tertiary alicyclic amines) is 1. The Morgan fingerprint density at radius 1 is 1.16 bits per heavy atom. The molecule has 1 aliphatic heterocycles. The molecule has 3 rings (SSSR count). The zero-order valence-corrected chi connectivity index (χ0v) is 14.5. The lowest BCUT2D eigenvalue weighted by Gasteiger charge is -2.34. The van der Waals surface area contributed by atoms with Crippen LogP contribution in [0.3, 0.4) is 0 Å². The summed E-state index contributed by atoms with van der Waals surface area (Å²) in [6.07, 6.45) is 4.14. The van der Waals surface area contributed by atoms with Gasteiger partial charge in [-0.2, -0.15) is 5.10 Å². The number of hydrogen-bond donors (Lipinski definition) is 0. The van der Waals surface area contributed by atoms with Crippen molar-refractivity contribution in [3.05, 3.63) is 42.5 Å². The first-order valence-corrected chi connectivity index (χ1v) is 8.43. The summed E-state index contributed by atoms with van der Waals surface area (Å²) < 4.78 is 6.77. The van der Waals surface area contributed by atoms with Gasteiger partial charge in [0, 0.05) is 13.1 Å². The van der Waals surface area contributed by atoms with Gasteiger partial charge in [0.05, 0.1) is 11.3 Å². The standard InChI is InChI=1S/C18H22N4O3/c1-13-7-14(2)9-21(8-13)17(23)10-25-18(24)15-3-5-16(6-4-15)22-12-19-11-20-22/h3-6,11-14H,7-10H2,1-2H3/t13-,14+. The number of nitrogens with zero attached hydrogens (tertiary/aromatic N) is 4. The number of esters is 1. The van der Waals surface area contributed by atoms with Gasteiger partial charge in [0.2, 0.25) is 0 Å². The van der Waals surface area contributed by atoms with E-state index in [4.69, 9.17) is 4.74 Å². The lowest BCUT2D eigenvalue weighted by Crippen LogP contribution is -2.44. The molecule has 2 aromatic rings. The van der Waals surface area contributed by atoms with E-state index in [-0.39, 0.29) is 12.5 Å². The predicted octanol–water partition coefficient (Wildman–Crippen LogP) is 1.93. The van der Waals surface area contributed by atoms with E-state index in [2.05, 4.69) is 23.9 Å². The number of ether oxygens (including phenoxy) is 1. The van der Waals surface area contributed by atoms with E-state index in [1.54, 1.807) is 40.2 Å². The van der Waals surface area contributed by atoms with Crippen LogP contribution in [0.5, 0.6) is 0 Å². The fourth-order valence-corrected chi connectivity index (χ4v) is 3.26. The fourth-order valence-electron chi connectivity index (χ4n) is 3.26. The molecule has 25 heavy (non-hydrogen) atoms. The van der Waals surface area contributed by atoms with Gasteiger partial charge in [0.1, 0.15) is 12.7 Å². The minimum absolute atomic E-state index is 0.133. The lowest BCUT2D eigenvalue weighted by molar-refractivity contribution is -0.137. The van der Waals surface area contributed by atoms with Crippen LogP contribution in [0.4, 0.5) is 0 Å². The van der Waals surface area contributed by atoms with Gasteiger partial charge in [-0.15, -0.1) is 0 Å². The summed E-state index contributed by atoms with van der Waals surface area (Å²) in [5, 5.41) is 4.02. The van der Waals surface area contributed by atoms with Gasteiger partial charge >= 0.3 is 5.97 Å². The number of carbonyl (C=O) groups excluding carboxylic acids is 2. The fraction of sp³-hybridized carbons (Fsp3) is 0.444. The molecule has 1 amide bonds. The summed E-state index contributed by atoms with van der Waals surface area (Å²) in [6, 6.07) is 6.80. The van der Waals surface area contributed by atoms with Crippen molar-refractivity contribution >= 4 is 11.9 Å². The number of hydrogen-bond acceptors (Lipinski definition) is 5. The predicted molar refractivity (Wildman–Crippen MR) is 91.2 cm³/mol. The summed E-state index contributed by atoms with van der Waals surface area (Å²) >= 11 is 0. The zero-order valence-electron chi connectivity index (χ0n) is 14.5. The van der Waals surface area contributed by atoms with Crippen LogP contribution in [-0.2, 0) is 9.53 Å². The van der Waals surface area contributed by atoms with Crippen LogP contribution in [0.15, 0.2) is 36.9 Å². The molecule has 1 aliphatic rings. The summed E-state index contributed by atoms with van der Waals surface area (Å²) in [5.41, 5.74) is 1.19. The zero-order chi connectivity index (χ0) is 17.8. The Morgan fingerprint density at radius 2 is 1.84 bits per heavy atom. The second-order valence-electron chi connectivity index (χ2n) is 6.71. The normalized spacial score (nSPS) is 20.3. The highest BCUT2D eigenvalue weighted by atomic mass is 16.5. The van der Waals surface area contributed by atoms with E-state index in [1.807, 2.05) is 0 Å². The van der Waals surface area contributed by atoms with Crippen molar-refractivity contribution in [2.45, 2.75) is 20.3 Å². The first-order chi connectivity index (χ1) is 12.0. The number of benzene rings is 1. The molecule has 1 fully saturated rings. The van der Waals surface area contributed by atoms with Crippen molar-refractivity contribution in [2.24, 2.45) is 11.8 Å². The van der Waals surface area contributed by atoms with Crippen LogP contribution in [0.25, 0.3) is 5.69 Å². The third-order valence-corrected chi connectivity index (χ3v) is 4.33. The van der Waals surface area contributed by atoms with E-state index in [9.17, 15) is 9.59 Å². The Labute approximate surface area is 146 Å². The van der Waals surface area contributed by atoms with E-state index in [1.165, 1.54) is 6.33 Å². The summed E-state index contributed by atoms with van der Waals surface area (Å²) in [7, 11) is 0. The minimum atomic E-state index is -0.503. The Morgan fingerprint density at radius 3 is 2.44 bits per heavy atom. The molecule has 0 bridgehead atoms. The average molecular weight is 342 g/mol. The second kappa shape index (κ2) is 7.46. The minimum Gasteiger partial charge on any atom is -0.452 e. The van der Waals surface area contributed by atoms with Crippen LogP contribution in [0.2, 0.25) is 0 Å². The van der Waals surface area contributed by atoms with Crippen LogP contribution < -0.4 is 0 Å². The van der Waals surface area contributed by atoms with Gasteiger partial charge in [0.15, 0.2) is 6.61 Å². The smallest absolute Gasteiger partial charge is 0.338 e. The number of rotatable bonds is 4. The molecule has 2 heterocycles. The highest BCUT2D eigenvalue weighted by Crippen LogP contribution is 2.21. The van der Waals surface area contributed by atoms with Gasteiger partial charge in [-0.05, 0) is 42.5 Å². The molecular formula is C18H22N4O3. The van der Waals surface area contributed by atoms with Crippen molar-refractivity contribution in [3.8, 4) is 5.69 Å². The SMILES string of the molecule is C[C@@H]1C[C@H](C)CN(C(=O)COC(=O)c2ccc(-n3cncn3)cc2)C1. The molecule has 7 heteroatoms. The van der Waals surface area contributed by atoms with E-state index < -0.39 is 5.97 Å². The van der Waals surface area contributed by atoms with Crippen LogP contribution in [0, 0.1) is 11.8 Å². The van der Waals surface area contributed by atoms with Crippen LogP contribution in [-0.4, -0.2) is 51.2 Å². The summed E-state index contributed by atoms with van der Waals surface area (Å²) in [6.45, 7) is 5.51. The molecule has 0 aliphatic carbocycles. The second-order valence-corrected chi connectivity index (χ2v) is 6.71. The molecule has 0 radical (unpaired) electrons. The maximum atomic E-state index is 12.3. The van der Waals surface area contributed by atoms with Crippen molar-refractivity contribution < 1.29 is 14.3 Å². The molecule has 1 saturated heterocycles. The van der Waals surface area contributed by atoms with Gasteiger partial charge in [-0.1, -0.05) is 13.8 Å². The van der Waals surface area contributed by atoms with Gasteiger partial charge in [-0.3, -0.25) is 4.79 Å². The van der Waals surface area contributed by atoms with Gasteiger partial charge < -0.3 is 9.64 Å². The van der Waals surface area contributed by atoms with E-state index >= 15 is 0 Å². The quantitative estimate of drug-likeness (QED) is 0.794. The van der Waals surface area contributed by atoms with Crippen molar-refractivity contribution in [3.63, 3.8) is 0 Å². The van der Waals surface area contributed by atoms with E-state index in [0.717, 1.165) is 25.2 Å². The van der Waals surface area contributed by atoms with Crippen LogP contribution in [0.1, 0.15) is 30.6 Å². The average Bonchev–Trinajstić information content (AvgIpc) is 3.13. The number of carbonyl (C=O) groups is 2. The third kappa shape index (κ3) is 4.23. The molecule has 0 spiro atoms. The number of piperidine rings is 1. The Hall–Kier alpha value is -2.70. The molecule has 1 aromatic carbocycles. The Balaban J connectivity index is 1.54. The van der Waals surface area contributed by atoms with E-state index in [0.29, 0.717) is 17.4 Å². The lowest BCUT2D eigenvalue weighted by atomic mass is 9.92. The highest BCUT2D eigenvalue weighted by molar-refractivity contribution is 5.91. The third-order valence-electron chi connectivity index (χ3n) is 4.33.